The first-order chi connectivity index (χ1) is 5.54. The lowest BCUT2D eigenvalue weighted by molar-refractivity contribution is 0.149. The molecular weight excluding hydrogens is 275 g/mol. The molecule has 0 spiro atoms. The fourth-order valence-corrected chi connectivity index (χ4v) is 1.47. The van der Waals surface area contributed by atoms with Gasteiger partial charge in [-0.2, -0.15) is 0 Å². The Kier molecular flexibility index (Phi) is 2.98. The number of pyridine rings is 1. The van der Waals surface area contributed by atoms with E-state index in [-0.39, 0.29) is 5.56 Å². The molecule has 0 aromatic carbocycles. The summed E-state index contributed by atoms with van der Waals surface area (Å²) in [6.45, 7) is 3.29. The highest BCUT2D eigenvalue weighted by Crippen LogP contribution is 2.27. The van der Waals surface area contributed by atoms with Crippen molar-refractivity contribution < 1.29 is 8.78 Å². The Balaban J connectivity index is 3.33. The molecule has 1 heterocycles. The summed E-state index contributed by atoms with van der Waals surface area (Å²) in [6, 6.07) is 0. The van der Waals surface area contributed by atoms with E-state index in [4.69, 9.17) is 0 Å². The highest BCUT2D eigenvalue weighted by Gasteiger charge is 2.15. The first kappa shape index (κ1) is 9.83. The van der Waals surface area contributed by atoms with E-state index in [1.807, 2.05) is 22.6 Å². The lowest BCUT2D eigenvalue weighted by Crippen LogP contribution is -1.99. The topological polar surface area (TPSA) is 12.9 Å². The summed E-state index contributed by atoms with van der Waals surface area (Å²) in [5.41, 5.74) is 1.13. The van der Waals surface area contributed by atoms with Gasteiger partial charge in [-0.15, -0.1) is 0 Å². The van der Waals surface area contributed by atoms with Crippen molar-refractivity contribution in [2.75, 3.05) is 0 Å². The fourth-order valence-electron chi connectivity index (χ4n) is 1.04. The fraction of sp³-hybridized carbons (Fsp3) is 0.375. The molecule has 0 saturated carbocycles. The Labute approximate surface area is 83.3 Å². The highest BCUT2D eigenvalue weighted by molar-refractivity contribution is 14.1. The number of halogens is 3. The Hall–Kier alpha value is -0.260. The molecule has 12 heavy (non-hydrogen) atoms. The molecule has 1 aromatic heterocycles. The van der Waals surface area contributed by atoms with Gasteiger partial charge in [0.2, 0.25) is 0 Å². The number of aromatic nitrogens is 1. The van der Waals surface area contributed by atoms with E-state index < -0.39 is 6.43 Å². The quantitative estimate of drug-likeness (QED) is 0.721. The number of hydrogen-bond donors (Lipinski definition) is 0. The maximum atomic E-state index is 12.4. The molecule has 0 bridgehead atoms. The molecule has 0 aliphatic rings. The first-order valence-corrected chi connectivity index (χ1v) is 4.51. The van der Waals surface area contributed by atoms with Crippen molar-refractivity contribution in [3.05, 3.63) is 26.6 Å². The van der Waals surface area contributed by atoms with Gasteiger partial charge in [-0.1, -0.05) is 0 Å². The van der Waals surface area contributed by atoms with E-state index in [0.29, 0.717) is 11.3 Å². The second kappa shape index (κ2) is 3.64. The van der Waals surface area contributed by atoms with Crippen LogP contribution < -0.4 is 0 Å². The Morgan fingerprint density at radius 1 is 1.42 bits per heavy atom. The normalized spacial score (nSPS) is 10.8. The summed E-state index contributed by atoms with van der Waals surface area (Å²) in [5.74, 6) is 0. The van der Waals surface area contributed by atoms with Gasteiger partial charge in [-0.25, -0.2) is 8.78 Å². The smallest absolute Gasteiger partial charge is 0.260 e. The van der Waals surface area contributed by atoms with Crippen molar-refractivity contribution in [3.8, 4) is 0 Å². The average Bonchev–Trinajstić information content (AvgIpc) is 1.97. The van der Waals surface area contributed by atoms with E-state index in [1.165, 1.54) is 0 Å². The lowest BCUT2D eigenvalue weighted by atomic mass is 10.1. The zero-order chi connectivity index (χ0) is 9.30. The molecule has 0 N–H and O–H groups in total. The third-order valence-corrected chi connectivity index (χ3v) is 2.83. The molecule has 0 aliphatic carbocycles. The largest absolute Gasteiger partial charge is 0.265 e. The average molecular weight is 283 g/mol. The first-order valence-electron chi connectivity index (χ1n) is 3.43. The van der Waals surface area contributed by atoms with E-state index in [9.17, 15) is 8.78 Å². The van der Waals surface area contributed by atoms with Crippen LogP contribution in [0.15, 0.2) is 6.20 Å². The number of nitrogens with zero attached hydrogens (tertiary/aromatic N) is 1. The van der Waals surface area contributed by atoms with Crippen molar-refractivity contribution in [2.45, 2.75) is 20.3 Å². The van der Waals surface area contributed by atoms with Crippen LogP contribution in [0.25, 0.3) is 0 Å². The van der Waals surface area contributed by atoms with E-state index >= 15 is 0 Å². The minimum atomic E-state index is -2.42. The van der Waals surface area contributed by atoms with Gasteiger partial charge < -0.3 is 0 Å². The molecule has 0 saturated heterocycles. The molecule has 0 amide bonds. The molecular formula is C8H8F2IN. The van der Waals surface area contributed by atoms with Gasteiger partial charge in [-0.05, 0) is 42.0 Å². The number of rotatable bonds is 1. The van der Waals surface area contributed by atoms with Gasteiger partial charge >= 0.3 is 0 Å². The molecule has 1 nitrogen and oxygen atoms in total. The second-order valence-electron chi connectivity index (χ2n) is 2.53. The summed E-state index contributed by atoms with van der Waals surface area (Å²) in [6.07, 6.45) is -0.816. The van der Waals surface area contributed by atoms with Crippen LogP contribution in [0.4, 0.5) is 8.78 Å². The SMILES string of the molecule is Cc1ncc(I)c(C)c1C(F)F. The Bertz CT molecular complexity index is 299. The van der Waals surface area contributed by atoms with Gasteiger partial charge in [0.05, 0.1) is 0 Å². The third kappa shape index (κ3) is 1.73. The summed E-state index contributed by atoms with van der Waals surface area (Å²) in [4.78, 5) is 3.87. The molecule has 0 radical (unpaired) electrons. The maximum Gasteiger partial charge on any atom is 0.265 e. The van der Waals surface area contributed by atoms with Crippen LogP contribution in [-0.2, 0) is 0 Å². The minimum Gasteiger partial charge on any atom is -0.260 e. The molecule has 0 atom stereocenters. The van der Waals surface area contributed by atoms with E-state index in [1.54, 1.807) is 20.0 Å². The Morgan fingerprint density at radius 3 is 2.42 bits per heavy atom. The van der Waals surface area contributed by atoms with Crippen LogP contribution in [0, 0.1) is 17.4 Å². The zero-order valence-corrected chi connectivity index (χ0v) is 8.89. The minimum absolute atomic E-state index is 0.0712. The van der Waals surface area contributed by atoms with Crippen molar-refractivity contribution >= 4 is 22.6 Å². The molecule has 1 aromatic rings. The van der Waals surface area contributed by atoms with E-state index in [2.05, 4.69) is 4.98 Å². The van der Waals surface area contributed by atoms with Gasteiger partial charge in [-0.3, -0.25) is 4.98 Å². The van der Waals surface area contributed by atoms with Gasteiger partial charge in [0, 0.05) is 21.0 Å². The van der Waals surface area contributed by atoms with Gasteiger partial charge in [0.25, 0.3) is 6.43 Å². The van der Waals surface area contributed by atoms with Crippen LogP contribution >= 0.6 is 22.6 Å². The van der Waals surface area contributed by atoms with Crippen molar-refractivity contribution in [3.63, 3.8) is 0 Å². The predicted molar refractivity (Wildman–Crippen MR) is 51.4 cm³/mol. The highest BCUT2D eigenvalue weighted by atomic mass is 127. The van der Waals surface area contributed by atoms with Crippen molar-refractivity contribution in [1.29, 1.82) is 0 Å². The number of alkyl halides is 2. The van der Waals surface area contributed by atoms with E-state index in [0.717, 1.165) is 3.57 Å². The predicted octanol–water partition coefficient (Wildman–Crippen LogP) is 3.24. The molecule has 66 valence electrons. The number of hydrogen-bond acceptors (Lipinski definition) is 1. The standard InChI is InChI=1S/C8H8F2IN/c1-4-6(11)3-12-5(2)7(4)8(9)10/h3,8H,1-2H3. The second-order valence-corrected chi connectivity index (χ2v) is 3.69. The molecule has 1 rings (SSSR count). The van der Waals surface area contributed by atoms with Crippen LogP contribution in [0.5, 0.6) is 0 Å². The summed E-state index contributed by atoms with van der Waals surface area (Å²) >= 11 is 2.00. The zero-order valence-electron chi connectivity index (χ0n) is 6.74. The van der Waals surface area contributed by atoms with Crippen molar-refractivity contribution in [2.24, 2.45) is 0 Å². The van der Waals surface area contributed by atoms with Gasteiger partial charge in [0.15, 0.2) is 0 Å². The van der Waals surface area contributed by atoms with Gasteiger partial charge in [0.1, 0.15) is 0 Å². The maximum absolute atomic E-state index is 12.4. The summed E-state index contributed by atoms with van der Waals surface area (Å²) in [5, 5.41) is 0. The van der Waals surface area contributed by atoms with Crippen LogP contribution in [-0.4, -0.2) is 4.98 Å². The lowest BCUT2D eigenvalue weighted by Gasteiger charge is -2.08. The van der Waals surface area contributed by atoms with Crippen LogP contribution in [0.3, 0.4) is 0 Å². The van der Waals surface area contributed by atoms with Crippen molar-refractivity contribution in [1.82, 2.24) is 4.98 Å². The third-order valence-electron chi connectivity index (χ3n) is 1.74. The molecule has 0 fully saturated rings. The summed E-state index contributed by atoms with van der Waals surface area (Å²) < 4.78 is 25.6. The molecule has 4 heteroatoms. The monoisotopic (exact) mass is 283 g/mol. The summed E-state index contributed by atoms with van der Waals surface area (Å²) in [7, 11) is 0. The molecule has 0 aliphatic heterocycles. The Morgan fingerprint density at radius 2 is 2.00 bits per heavy atom. The van der Waals surface area contributed by atoms with Crippen LogP contribution in [0.2, 0.25) is 0 Å². The molecule has 0 unspecified atom stereocenters. The number of aryl methyl sites for hydroxylation is 1. The van der Waals surface area contributed by atoms with Crippen LogP contribution in [0.1, 0.15) is 23.2 Å².